The van der Waals surface area contributed by atoms with Crippen molar-refractivity contribution in [1.29, 1.82) is 0 Å². The normalized spacial score (nSPS) is 19.1. The monoisotopic (exact) mass is 320 g/mol. The zero-order valence-electron chi connectivity index (χ0n) is 13.6. The van der Waals surface area contributed by atoms with Crippen molar-refractivity contribution in [2.45, 2.75) is 37.5 Å². The average Bonchev–Trinajstić information content (AvgIpc) is 3.38. The Balaban J connectivity index is 1.34. The summed E-state index contributed by atoms with van der Waals surface area (Å²) in [6, 6.07) is 10.5. The number of benzene rings is 1. The lowest BCUT2D eigenvalue weighted by Gasteiger charge is -2.32. The minimum atomic E-state index is 0.398. The number of nitrogens with zero attached hydrogens (tertiary/aromatic N) is 4. The molecule has 5 heteroatoms. The number of para-hydroxylation sites is 1. The Morgan fingerprint density at radius 1 is 0.875 bits per heavy atom. The largest absolute Gasteiger partial charge is 0.425 e. The highest BCUT2D eigenvalue weighted by Crippen LogP contribution is 2.40. The van der Waals surface area contributed by atoms with Gasteiger partial charge in [0.15, 0.2) is 0 Å². The van der Waals surface area contributed by atoms with E-state index in [0.29, 0.717) is 11.8 Å². The molecule has 0 unspecified atom stereocenters. The lowest BCUT2D eigenvalue weighted by molar-refractivity contribution is 0.376. The van der Waals surface area contributed by atoms with Crippen LogP contribution in [-0.4, -0.2) is 28.3 Å². The summed E-state index contributed by atoms with van der Waals surface area (Å²) in [4.78, 5) is 6.92. The molecule has 1 aromatic carbocycles. The van der Waals surface area contributed by atoms with E-state index in [2.05, 4.69) is 44.3 Å². The lowest BCUT2D eigenvalue weighted by Crippen LogP contribution is -2.33. The third-order valence-corrected chi connectivity index (χ3v) is 5.19. The second-order valence-corrected chi connectivity index (χ2v) is 6.86. The summed E-state index contributed by atoms with van der Waals surface area (Å²) < 4.78 is 5.91. The van der Waals surface area contributed by atoms with Crippen LogP contribution in [0.4, 0.5) is 5.69 Å². The molecule has 24 heavy (non-hydrogen) atoms. The van der Waals surface area contributed by atoms with Crippen molar-refractivity contribution in [3.05, 3.63) is 48.3 Å². The van der Waals surface area contributed by atoms with E-state index in [1.165, 1.54) is 23.9 Å². The topological polar surface area (TPSA) is 55.1 Å². The Morgan fingerprint density at radius 3 is 2.33 bits per heavy atom. The molecule has 0 radical (unpaired) electrons. The fourth-order valence-electron chi connectivity index (χ4n) is 3.63. The molecule has 2 fully saturated rings. The van der Waals surface area contributed by atoms with Crippen LogP contribution in [0, 0.1) is 0 Å². The van der Waals surface area contributed by atoms with Crippen LogP contribution in [0.25, 0.3) is 10.9 Å². The van der Waals surface area contributed by atoms with E-state index in [9.17, 15) is 0 Å². The first-order chi connectivity index (χ1) is 11.9. The molecule has 0 bridgehead atoms. The zero-order valence-corrected chi connectivity index (χ0v) is 13.6. The molecule has 5 rings (SSSR count). The second-order valence-electron chi connectivity index (χ2n) is 6.86. The van der Waals surface area contributed by atoms with Gasteiger partial charge in [-0.2, -0.15) is 0 Å². The molecule has 5 nitrogen and oxygen atoms in total. The Labute approximate surface area is 140 Å². The quantitative estimate of drug-likeness (QED) is 0.733. The third-order valence-electron chi connectivity index (χ3n) is 5.19. The average molecular weight is 320 g/mol. The molecule has 0 atom stereocenters. The molecule has 122 valence electrons. The molecule has 1 saturated carbocycles. The number of hydrogen-bond donors (Lipinski definition) is 0. The number of anilines is 1. The molecule has 2 aliphatic rings. The van der Waals surface area contributed by atoms with Gasteiger partial charge in [-0.3, -0.25) is 4.98 Å². The van der Waals surface area contributed by atoms with Crippen molar-refractivity contribution < 1.29 is 4.42 Å². The van der Waals surface area contributed by atoms with Crippen LogP contribution in [0.3, 0.4) is 0 Å². The molecule has 0 spiro atoms. The molecule has 0 amide bonds. The van der Waals surface area contributed by atoms with Gasteiger partial charge >= 0.3 is 0 Å². The number of pyridine rings is 1. The number of hydrogen-bond acceptors (Lipinski definition) is 5. The molecule has 1 aliphatic heterocycles. The first kappa shape index (κ1) is 14.0. The van der Waals surface area contributed by atoms with E-state index in [1.807, 2.05) is 12.3 Å². The van der Waals surface area contributed by atoms with Crippen molar-refractivity contribution in [2.24, 2.45) is 0 Å². The molecule has 0 N–H and O–H groups in total. The van der Waals surface area contributed by atoms with Crippen LogP contribution in [-0.2, 0) is 0 Å². The van der Waals surface area contributed by atoms with Crippen LogP contribution in [0.2, 0.25) is 0 Å². The SMILES string of the molecule is c1ccc2c(N3CCC(c4nnc(C5CC5)o4)CC3)ccnc2c1. The predicted octanol–water partition coefficient (Wildman–Crippen LogP) is 3.88. The maximum atomic E-state index is 5.91. The molecule has 3 aromatic rings. The maximum absolute atomic E-state index is 5.91. The Hall–Kier alpha value is -2.43. The van der Waals surface area contributed by atoms with E-state index in [-0.39, 0.29) is 0 Å². The lowest BCUT2D eigenvalue weighted by atomic mass is 9.96. The van der Waals surface area contributed by atoms with Gasteiger partial charge in [-0.25, -0.2) is 0 Å². The molecular formula is C19H20N4O. The molecule has 3 heterocycles. The number of rotatable bonds is 3. The van der Waals surface area contributed by atoms with Gasteiger partial charge in [0, 0.05) is 42.2 Å². The van der Waals surface area contributed by atoms with Gasteiger partial charge in [0.05, 0.1) is 5.52 Å². The van der Waals surface area contributed by atoms with Crippen LogP contribution in [0.15, 0.2) is 40.9 Å². The van der Waals surface area contributed by atoms with E-state index in [4.69, 9.17) is 4.42 Å². The summed E-state index contributed by atoms with van der Waals surface area (Å²) in [6.07, 6.45) is 6.43. The minimum absolute atomic E-state index is 0.398. The summed E-state index contributed by atoms with van der Waals surface area (Å²) in [7, 11) is 0. The summed E-state index contributed by atoms with van der Waals surface area (Å²) in [5, 5.41) is 9.77. The van der Waals surface area contributed by atoms with E-state index in [0.717, 1.165) is 43.2 Å². The van der Waals surface area contributed by atoms with Crippen molar-refractivity contribution in [1.82, 2.24) is 15.2 Å². The Kier molecular flexibility index (Phi) is 3.25. The number of fused-ring (bicyclic) bond motifs is 1. The highest BCUT2D eigenvalue weighted by Gasteiger charge is 2.31. The van der Waals surface area contributed by atoms with Crippen LogP contribution in [0.5, 0.6) is 0 Å². The van der Waals surface area contributed by atoms with Crippen molar-refractivity contribution >= 4 is 16.6 Å². The summed E-state index contributed by atoms with van der Waals surface area (Å²) in [6.45, 7) is 2.03. The van der Waals surface area contributed by atoms with Gasteiger partial charge in [0.1, 0.15) is 0 Å². The molecule has 2 aromatic heterocycles. The van der Waals surface area contributed by atoms with Gasteiger partial charge in [-0.05, 0) is 37.8 Å². The molecule has 1 aliphatic carbocycles. The number of aromatic nitrogens is 3. The van der Waals surface area contributed by atoms with Crippen molar-refractivity contribution in [2.75, 3.05) is 18.0 Å². The van der Waals surface area contributed by atoms with Gasteiger partial charge in [0.25, 0.3) is 0 Å². The van der Waals surface area contributed by atoms with Gasteiger partial charge in [0.2, 0.25) is 11.8 Å². The van der Waals surface area contributed by atoms with Gasteiger partial charge in [-0.15, -0.1) is 10.2 Å². The fourth-order valence-corrected chi connectivity index (χ4v) is 3.63. The molecule has 1 saturated heterocycles. The maximum Gasteiger partial charge on any atom is 0.219 e. The van der Waals surface area contributed by atoms with Gasteiger partial charge < -0.3 is 9.32 Å². The van der Waals surface area contributed by atoms with Gasteiger partial charge in [-0.1, -0.05) is 18.2 Å². The Bertz CT molecular complexity index is 857. The minimum Gasteiger partial charge on any atom is -0.425 e. The first-order valence-electron chi connectivity index (χ1n) is 8.80. The third kappa shape index (κ3) is 2.44. The summed E-state index contributed by atoms with van der Waals surface area (Å²) in [5.74, 6) is 2.63. The van der Waals surface area contributed by atoms with E-state index in [1.54, 1.807) is 0 Å². The van der Waals surface area contributed by atoms with Crippen LogP contribution >= 0.6 is 0 Å². The van der Waals surface area contributed by atoms with E-state index < -0.39 is 0 Å². The highest BCUT2D eigenvalue weighted by atomic mass is 16.4. The summed E-state index contributed by atoms with van der Waals surface area (Å²) in [5.41, 5.74) is 2.34. The summed E-state index contributed by atoms with van der Waals surface area (Å²) >= 11 is 0. The van der Waals surface area contributed by atoms with Crippen molar-refractivity contribution in [3.63, 3.8) is 0 Å². The van der Waals surface area contributed by atoms with Crippen LogP contribution < -0.4 is 4.90 Å². The second kappa shape index (κ2) is 5.58. The van der Waals surface area contributed by atoms with Crippen molar-refractivity contribution in [3.8, 4) is 0 Å². The number of piperidine rings is 1. The first-order valence-corrected chi connectivity index (χ1v) is 8.80. The molecular weight excluding hydrogens is 300 g/mol. The fraction of sp³-hybridized carbons (Fsp3) is 0.421. The zero-order chi connectivity index (χ0) is 15.9. The highest BCUT2D eigenvalue weighted by molar-refractivity contribution is 5.91. The van der Waals surface area contributed by atoms with Crippen LogP contribution in [0.1, 0.15) is 49.3 Å². The predicted molar refractivity (Wildman–Crippen MR) is 92.2 cm³/mol. The standard InChI is InChI=1S/C19H20N4O/c1-2-4-16-15(3-1)17(7-10-20-16)23-11-8-14(9-12-23)19-22-21-18(24-19)13-5-6-13/h1-4,7,10,13-14H,5-6,8-9,11-12H2. The Morgan fingerprint density at radius 2 is 1.58 bits per heavy atom. The van der Waals surface area contributed by atoms with E-state index >= 15 is 0 Å². The smallest absolute Gasteiger partial charge is 0.219 e.